The smallest absolute Gasteiger partial charge is 0.408 e. The van der Waals surface area contributed by atoms with Gasteiger partial charge in [-0.15, -0.1) is 0 Å². The fraction of sp³-hybridized carbons (Fsp3) is 0.316. The zero-order valence-electron chi connectivity index (χ0n) is 13.6. The predicted octanol–water partition coefficient (Wildman–Crippen LogP) is 3.71. The number of oxazole rings is 1. The Bertz CT molecular complexity index is 963. The summed E-state index contributed by atoms with van der Waals surface area (Å²) in [6.45, 7) is 1.71. The number of rotatable bonds is 3. The second-order valence-electron chi connectivity index (χ2n) is 6.47. The van der Waals surface area contributed by atoms with E-state index in [0.717, 1.165) is 37.0 Å². The molecule has 3 aromatic rings. The number of nitrogens with zero attached hydrogens (tertiary/aromatic N) is 2. The van der Waals surface area contributed by atoms with E-state index in [1.807, 2.05) is 18.2 Å². The van der Waals surface area contributed by atoms with Crippen LogP contribution in [0.1, 0.15) is 24.4 Å². The van der Waals surface area contributed by atoms with Crippen LogP contribution in [0.3, 0.4) is 0 Å². The maximum absolute atomic E-state index is 13.9. The van der Waals surface area contributed by atoms with Crippen LogP contribution in [0.25, 0.3) is 11.1 Å². The molecule has 0 amide bonds. The number of piperidine rings is 1. The molecular weight excluding hydrogens is 326 g/mol. The molecule has 1 aliphatic rings. The van der Waals surface area contributed by atoms with E-state index in [9.17, 15) is 13.6 Å². The van der Waals surface area contributed by atoms with E-state index in [-0.39, 0.29) is 11.8 Å². The first-order chi connectivity index (χ1) is 12.1. The minimum atomic E-state index is -0.443. The summed E-state index contributed by atoms with van der Waals surface area (Å²) >= 11 is 0. The Kier molecular flexibility index (Phi) is 4.13. The zero-order valence-corrected chi connectivity index (χ0v) is 13.6. The molecule has 1 atom stereocenters. The second-order valence-corrected chi connectivity index (χ2v) is 6.47. The van der Waals surface area contributed by atoms with Crippen molar-refractivity contribution in [2.24, 2.45) is 0 Å². The first kappa shape index (κ1) is 16.0. The lowest BCUT2D eigenvalue weighted by Crippen LogP contribution is -2.38. The van der Waals surface area contributed by atoms with E-state index in [0.29, 0.717) is 24.2 Å². The minimum absolute atomic E-state index is 0.0403. The number of likely N-dealkylation sites (tertiary alicyclic amines) is 1. The van der Waals surface area contributed by atoms with E-state index in [1.54, 1.807) is 10.6 Å². The summed E-state index contributed by atoms with van der Waals surface area (Å²) in [5.74, 6) is -1.22. The average Bonchev–Trinajstić information content (AvgIpc) is 2.94. The molecule has 2 aromatic carbocycles. The van der Waals surface area contributed by atoms with Gasteiger partial charge in [0, 0.05) is 18.7 Å². The van der Waals surface area contributed by atoms with Crippen molar-refractivity contribution in [1.82, 2.24) is 9.47 Å². The molecular formula is C19H18F2N2O2. The van der Waals surface area contributed by atoms with Crippen LogP contribution in [0, 0.1) is 11.6 Å². The van der Waals surface area contributed by atoms with Crippen molar-refractivity contribution in [2.45, 2.75) is 25.4 Å². The maximum Gasteiger partial charge on any atom is 0.420 e. The van der Waals surface area contributed by atoms with Crippen molar-refractivity contribution in [3.8, 4) is 0 Å². The second kappa shape index (κ2) is 6.44. The fourth-order valence-corrected chi connectivity index (χ4v) is 3.62. The number of para-hydroxylation sites is 2. The molecule has 1 aromatic heterocycles. The molecule has 0 aliphatic carbocycles. The Labute approximate surface area is 143 Å². The Morgan fingerprint density at radius 3 is 2.88 bits per heavy atom. The van der Waals surface area contributed by atoms with E-state index >= 15 is 0 Å². The van der Waals surface area contributed by atoms with Crippen LogP contribution in [-0.4, -0.2) is 22.6 Å². The van der Waals surface area contributed by atoms with Crippen LogP contribution in [0.4, 0.5) is 8.78 Å². The van der Waals surface area contributed by atoms with Crippen LogP contribution in [-0.2, 0) is 6.54 Å². The molecule has 0 N–H and O–H groups in total. The van der Waals surface area contributed by atoms with Gasteiger partial charge in [-0.1, -0.05) is 12.1 Å². The lowest BCUT2D eigenvalue weighted by atomic mass is 10.0. The number of halogens is 2. The number of hydrogen-bond acceptors (Lipinski definition) is 3. The number of benzene rings is 2. The van der Waals surface area contributed by atoms with Gasteiger partial charge in [-0.3, -0.25) is 9.47 Å². The standard InChI is InChI=1S/C19H18F2N2O2/c20-14-7-8-16(21)13(10-14)11-22-9-3-4-15(12-22)23-17-5-1-2-6-18(17)25-19(23)24/h1-2,5-8,10,15H,3-4,9,11-12H2. The lowest BCUT2D eigenvalue weighted by molar-refractivity contribution is 0.166. The average molecular weight is 344 g/mol. The Balaban J connectivity index is 1.59. The van der Waals surface area contributed by atoms with Crippen molar-refractivity contribution >= 4 is 11.1 Å². The van der Waals surface area contributed by atoms with Gasteiger partial charge in [-0.25, -0.2) is 13.6 Å². The zero-order chi connectivity index (χ0) is 17.4. The predicted molar refractivity (Wildman–Crippen MR) is 90.4 cm³/mol. The van der Waals surface area contributed by atoms with E-state index < -0.39 is 11.6 Å². The highest BCUT2D eigenvalue weighted by molar-refractivity contribution is 5.72. The summed E-state index contributed by atoms with van der Waals surface area (Å²) in [6.07, 6.45) is 1.74. The van der Waals surface area contributed by atoms with Gasteiger partial charge in [0.15, 0.2) is 5.58 Å². The van der Waals surface area contributed by atoms with E-state index in [4.69, 9.17) is 4.42 Å². The molecule has 4 rings (SSSR count). The molecule has 1 unspecified atom stereocenters. The maximum atomic E-state index is 13.9. The van der Waals surface area contributed by atoms with Gasteiger partial charge in [0.2, 0.25) is 0 Å². The van der Waals surface area contributed by atoms with Crippen molar-refractivity contribution in [1.29, 1.82) is 0 Å². The fourth-order valence-electron chi connectivity index (χ4n) is 3.62. The number of hydrogen-bond donors (Lipinski definition) is 0. The lowest BCUT2D eigenvalue weighted by Gasteiger charge is -2.33. The van der Waals surface area contributed by atoms with Gasteiger partial charge in [0.25, 0.3) is 0 Å². The molecule has 6 heteroatoms. The topological polar surface area (TPSA) is 38.4 Å². The summed E-state index contributed by atoms with van der Waals surface area (Å²) in [4.78, 5) is 14.3. The molecule has 2 heterocycles. The van der Waals surface area contributed by atoms with Gasteiger partial charge in [-0.05, 0) is 49.7 Å². The van der Waals surface area contributed by atoms with Gasteiger partial charge in [0.05, 0.1) is 11.6 Å². The molecule has 0 bridgehead atoms. The molecule has 0 radical (unpaired) electrons. The van der Waals surface area contributed by atoms with Crippen molar-refractivity contribution in [3.05, 3.63) is 70.2 Å². The van der Waals surface area contributed by atoms with E-state index in [2.05, 4.69) is 4.90 Å². The highest BCUT2D eigenvalue weighted by Gasteiger charge is 2.25. The molecule has 1 saturated heterocycles. The normalized spacial score (nSPS) is 18.7. The van der Waals surface area contributed by atoms with Crippen LogP contribution in [0.2, 0.25) is 0 Å². The quantitative estimate of drug-likeness (QED) is 0.727. The first-order valence-corrected chi connectivity index (χ1v) is 8.38. The van der Waals surface area contributed by atoms with Gasteiger partial charge in [-0.2, -0.15) is 0 Å². The number of aromatic nitrogens is 1. The molecule has 0 saturated carbocycles. The summed E-state index contributed by atoms with van der Waals surface area (Å²) < 4.78 is 34.3. The first-order valence-electron chi connectivity index (χ1n) is 8.38. The Morgan fingerprint density at radius 1 is 1.16 bits per heavy atom. The van der Waals surface area contributed by atoms with Gasteiger partial charge in [0.1, 0.15) is 11.6 Å². The minimum Gasteiger partial charge on any atom is -0.408 e. The third-order valence-corrected chi connectivity index (χ3v) is 4.77. The van der Waals surface area contributed by atoms with Gasteiger partial charge >= 0.3 is 5.76 Å². The van der Waals surface area contributed by atoms with Crippen LogP contribution in [0.5, 0.6) is 0 Å². The van der Waals surface area contributed by atoms with Crippen LogP contribution >= 0.6 is 0 Å². The van der Waals surface area contributed by atoms with Gasteiger partial charge < -0.3 is 4.42 Å². The molecule has 0 spiro atoms. The van der Waals surface area contributed by atoms with Crippen molar-refractivity contribution in [2.75, 3.05) is 13.1 Å². The third kappa shape index (κ3) is 3.09. The molecule has 1 aliphatic heterocycles. The SMILES string of the molecule is O=c1oc2ccccc2n1C1CCCN(Cc2cc(F)ccc2F)C1. The Hall–Kier alpha value is -2.47. The molecule has 25 heavy (non-hydrogen) atoms. The Morgan fingerprint density at radius 2 is 2.00 bits per heavy atom. The molecule has 4 nitrogen and oxygen atoms in total. The summed E-state index contributed by atoms with van der Waals surface area (Å²) in [6, 6.07) is 10.8. The molecule has 1 fully saturated rings. The van der Waals surface area contributed by atoms with E-state index in [1.165, 1.54) is 6.07 Å². The third-order valence-electron chi connectivity index (χ3n) is 4.77. The van der Waals surface area contributed by atoms with Crippen molar-refractivity contribution in [3.63, 3.8) is 0 Å². The monoisotopic (exact) mass is 344 g/mol. The molecule has 130 valence electrons. The summed E-state index contributed by atoms with van der Waals surface area (Å²) in [7, 11) is 0. The largest absolute Gasteiger partial charge is 0.420 e. The summed E-state index contributed by atoms with van der Waals surface area (Å²) in [5.41, 5.74) is 1.68. The van der Waals surface area contributed by atoms with Crippen molar-refractivity contribution < 1.29 is 13.2 Å². The summed E-state index contributed by atoms with van der Waals surface area (Å²) in [5, 5.41) is 0. The van der Waals surface area contributed by atoms with Crippen LogP contribution < -0.4 is 5.76 Å². The highest BCUT2D eigenvalue weighted by Crippen LogP contribution is 2.26. The van der Waals surface area contributed by atoms with Crippen LogP contribution in [0.15, 0.2) is 51.7 Å². The number of fused-ring (bicyclic) bond motifs is 1. The highest BCUT2D eigenvalue weighted by atomic mass is 19.1.